The second kappa shape index (κ2) is 6.70. The molecule has 0 aliphatic heterocycles. The lowest BCUT2D eigenvalue weighted by atomic mass is 9.97. The summed E-state index contributed by atoms with van der Waals surface area (Å²) in [6.45, 7) is 5.67. The fourth-order valence-corrected chi connectivity index (χ4v) is 2.23. The van der Waals surface area contributed by atoms with E-state index < -0.39 is 0 Å². The van der Waals surface area contributed by atoms with Crippen molar-refractivity contribution < 1.29 is 9.13 Å². The number of halogens is 1. The predicted molar refractivity (Wildman–Crippen MR) is 82.5 cm³/mol. The maximum Gasteiger partial charge on any atom is 0.126 e. The van der Waals surface area contributed by atoms with Crippen LogP contribution in [-0.4, -0.2) is 6.10 Å². The summed E-state index contributed by atoms with van der Waals surface area (Å²) in [6.07, 6.45) is 0.0549. The third-order valence-corrected chi connectivity index (χ3v) is 3.29. The van der Waals surface area contributed by atoms with Gasteiger partial charge in [-0.15, -0.1) is 0 Å². The second-order valence-corrected chi connectivity index (χ2v) is 5.31. The molecular weight excluding hydrogens is 267 g/mol. The van der Waals surface area contributed by atoms with Gasteiger partial charge < -0.3 is 4.74 Å². The Morgan fingerprint density at radius 3 is 2.48 bits per heavy atom. The largest absolute Gasteiger partial charge is 0.491 e. The van der Waals surface area contributed by atoms with Gasteiger partial charge >= 0.3 is 0 Å². The Labute approximate surface area is 124 Å². The number of aryl methyl sites for hydroxylation is 1. The first-order chi connectivity index (χ1) is 10.0. The Balaban J connectivity index is 2.43. The number of rotatable bonds is 5. The average molecular weight is 288 g/mol. The minimum atomic E-state index is -0.324. The Bertz CT molecular complexity index is 613. The molecular formula is C17H21FN2O. The average Bonchev–Trinajstić information content (AvgIpc) is 2.44. The number of hydrogen-bond acceptors (Lipinski definition) is 3. The smallest absolute Gasteiger partial charge is 0.126 e. The number of ether oxygens (including phenoxy) is 1. The summed E-state index contributed by atoms with van der Waals surface area (Å²) in [5, 5.41) is 0. The van der Waals surface area contributed by atoms with Crippen molar-refractivity contribution in [3.8, 4) is 5.75 Å². The van der Waals surface area contributed by atoms with Crippen LogP contribution in [0.1, 0.15) is 36.6 Å². The molecule has 0 fully saturated rings. The van der Waals surface area contributed by atoms with Gasteiger partial charge in [0.25, 0.3) is 0 Å². The first-order valence-electron chi connectivity index (χ1n) is 7.00. The van der Waals surface area contributed by atoms with Crippen LogP contribution >= 0.6 is 0 Å². The van der Waals surface area contributed by atoms with E-state index in [2.05, 4.69) is 5.43 Å². The number of hydrogen-bond donors (Lipinski definition) is 2. The zero-order chi connectivity index (χ0) is 15.4. The number of nitrogens with one attached hydrogen (secondary N) is 1. The minimum absolute atomic E-state index is 0.0549. The standard InChI is InChI=1S/C17H21FN2O/c1-11(2)21-16-7-5-4-6-14(16)17(20-19)13-9-8-12(3)15(18)10-13/h4-11,17,20H,19H2,1-3H3. The van der Waals surface area contributed by atoms with Crippen molar-refractivity contribution in [2.24, 2.45) is 5.84 Å². The number of para-hydroxylation sites is 1. The first-order valence-corrected chi connectivity index (χ1v) is 7.00. The first kappa shape index (κ1) is 15.5. The molecule has 0 aliphatic carbocycles. The Kier molecular flexibility index (Phi) is 4.94. The molecule has 0 bridgehead atoms. The van der Waals surface area contributed by atoms with Gasteiger partial charge in [-0.25, -0.2) is 9.82 Å². The van der Waals surface area contributed by atoms with E-state index in [0.29, 0.717) is 5.56 Å². The van der Waals surface area contributed by atoms with Crippen LogP contribution in [0.15, 0.2) is 42.5 Å². The van der Waals surface area contributed by atoms with Gasteiger partial charge in [-0.05, 0) is 44.0 Å². The molecule has 3 nitrogen and oxygen atoms in total. The Morgan fingerprint density at radius 1 is 1.14 bits per heavy atom. The number of nitrogens with two attached hydrogens (primary N) is 1. The fraction of sp³-hybridized carbons (Fsp3) is 0.294. The highest BCUT2D eigenvalue weighted by molar-refractivity contribution is 5.42. The normalized spacial score (nSPS) is 12.5. The number of benzene rings is 2. The van der Waals surface area contributed by atoms with Crippen LogP contribution in [0, 0.1) is 12.7 Å². The molecule has 0 aliphatic rings. The van der Waals surface area contributed by atoms with Gasteiger partial charge in [0.1, 0.15) is 11.6 Å². The molecule has 1 unspecified atom stereocenters. The summed E-state index contributed by atoms with van der Waals surface area (Å²) in [5.41, 5.74) is 5.01. The van der Waals surface area contributed by atoms with E-state index in [4.69, 9.17) is 10.6 Å². The monoisotopic (exact) mass is 288 g/mol. The zero-order valence-corrected chi connectivity index (χ0v) is 12.6. The summed E-state index contributed by atoms with van der Waals surface area (Å²) in [6, 6.07) is 12.4. The third kappa shape index (κ3) is 3.60. The molecule has 4 heteroatoms. The van der Waals surface area contributed by atoms with Gasteiger partial charge in [-0.1, -0.05) is 30.3 Å². The quantitative estimate of drug-likeness (QED) is 0.654. The lowest BCUT2D eigenvalue weighted by Gasteiger charge is -2.22. The Hall–Kier alpha value is -1.91. The molecule has 3 N–H and O–H groups in total. The molecule has 0 aromatic heterocycles. The molecule has 0 radical (unpaired) electrons. The van der Waals surface area contributed by atoms with Crippen LogP contribution in [0.25, 0.3) is 0 Å². The van der Waals surface area contributed by atoms with Crippen LogP contribution in [0.2, 0.25) is 0 Å². The van der Waals surface area contributed by atoms with E-state index in [-0.39, 0.29) is 18.0 Å². The van der Waals surface area contributed by atoms with Crippen molar-refractivity contribution >= 4 is 0 Å². The highest BCUT2D eigenvalue weighted by Gasteiger charge is 2.18. The molecule has 0 saturated heterocycles. The van der Waals surface area contributed by atoms with Gasteiger partial charge in [-0.3, -0.25) is 5.84 Å². The van der Waals surface area contributed by atoms with Crippen LogP contribution in [0.3, 0.4) is 0 Å². The van der Waals surface area contributed by atoms with Gasteiger partial charge in [0.2, 0.25) is 0 Å². The van der Waals surface area contributed by atoms with E-state index in [9.17, 15) is 4.39 Å². The van der Waals surface area contributed by atoms with Gasteiger partial charge in [0.15, 0.2) is 0 Å². The van der Waals surface area contributed by atoms with Crippen molar-refractivity contribution in [2.45, 2.75) is 32.9 Å². The third-order valence-electron chi connectivity index (χ3n) is 3.29. The van der Waals surface area contributed by atoms with Gasteiger partial charge in [0.05, 0.1) is 12.1 Å². The van der Waals surface area contributed by atoms with E-state index >= 15 is 0 Å². The van der Waals surface area contributed by atoms with Crippen molar-refractivity contribution in [3.05, 3.63) is 65.0 Å². The van der Waals surface area contributed by atoms with E-state index in [1.54, 1.807) is 13.0 Å². The predicted octanol–water partition coefficient (Wildman–Crippen LogP) is 3.47. The van der Waals surface area contributed by atoms with Crippen molar-refractivity contribution in [3.63, 3.8) is 0 Å². The molecule has 0 amide bonds. The molecule has 2 aromatic rings. The van der Waals surface area contributed by atoms with E-state index in [0.717, 1.165) is 16.9 Å². The van der Waals surface area contributed by atoms with Crippen LogP contribution in [0.4, 0.5) is 4.39 Å². The van der Waals surface area contributed by atoms with Crippen molar-refractivity contribution in [2.75, 3.05) is 0 Å². The fourth-order valence-electron chi connectivity index (χ4n) is 2.23. The summed E-state index contributed by atoms with van der Waals surface area (Å²) in [4.78, 5) is 0. The van der Waals surface area contributed by atoms with Crippen LogP contribution in [-0.2, 0) is 0 Å². The molecule has 112 valence electrons. The summed E-state index contributed by atoms with van der Waals surface area (Å²) in [7, 11) is 0. The summed E-state index contributed by atoms with van der Waals surface area (Å²) >= 11 is 0. The van der Waals surface area contributed by atoms with E-state index in [1.807, 2.05) is 44.2 Å². The molecule has 21 heavy (non-hydrogen) atoms. The molecule has 1 atom stereocenters. The lowest BCUT2D eigenvalue weighted by molar-refractivity contribution is 0.238. The second-order valence-electron chi connectivity index (χ2n) is 5.31. The molecule has 2 aromatic carbocycles. The van der Waals surface area contributed by atoms with Crippen LogP contribution in [0.5, 0.6) is 5.75 Å². The Morgan fingerprint density at radius 2 is 1.86 bits per heavy atom. The summed E-state index contributed by atoms with van der Waals surface area (Å²) in [5.74, 6) is 6.20. The van der Waals surface area contributed by atoms with Crippen LogP contribution < -0.4 is 16.0 Å². The van der Waals surface area contributed by atoms with Gasteiger partial charge in [-0.2, -0.15) is 0 Å². The van der Waals surface area contributed by atoms with Gasteiger partial charge in [0, 0.05) is 5.56 Å². The highest BCUT2D eigenvalue weighted by atomic mass is 19.1. The zero-order valence-electron chi connectivity index (χ0n) is 12.6. The van der Waals surface area contributed by atoms with E-state index in [1.165, 1.54) is 6.07 Å². The van der Waals surface area contributed by atoms with Crippen molar-refractivity contribution in [1.29, 1.82) is 0 Å². The highest BCUT2D eigenvalue weighted by Crippen LogP contribution is 2.30. The maximum absolute atomic E-state index is 13.8. The topological polar surface area (TPSA) is 47.3 Å². The minimum Gasteiger partial charge on any atom is -0.491 e. The summed E-state index contributed by atoms with van der Waals surface area (Å²) < 4.78 is 19.6. The van der Waals surface area contributed by atoms with Crippen molar-refractivity contribution in [1.82, 2.24) is 5.43 Å². The molecule has 0 saturated carbocycles. The molecule has 2 rings (SSSR count). The maximum atomic E-state index is 13.8. The SMILES string of the molecule is Cc1ccc(C(NN)c2ccccc2OC(C)C)cc1F. The molecule has 0 heterocycles. The lowest BCUT2D eigenvalue weighted by Crippen LogP contribution is -2.29. The molecule has 0 spiro atoms. The number of hydrazine groups is 1.